The van der Waals surface area contributed by atoms with Gasteiger partial charge in [-0.25, -0.2) is 4.98 Å². The van der Waals surface area contributed by atoms with Crippen molar-refractivity contribution in [3.63, 3.8) is 0 Å². The van der Waals surface area contributed by atoms with Crippen LogP contribution in [-0.4, -0.2) is 63.7 Å². The molecule has 2 aromatic rings. The van der Waals surface area contributed by atoms with Crippen LogP contribution in [0.1, 0.15) is 16.1 Å². The van der Waals surface area contributed by atoms with Gasteiger partial charge in [0, 0.05) is 19.6 Å². The number of hydrogen-bond acceptors (Lipinski definition) is 6. The summed E-state index contributed by atoms with van der Waals surface area (Å²) in [5.41, 5.74) is 2.43. The summed E-state index contributed by atoms with van der Waals surface area (Å²) >= 11 is 0. The van der Waals surface area contributed by atoms with Crippen LogP contribution < -0.4 is 20.1 Å². The molecule has 0 saturated heterocycles. The Balaban J connectivity index is 1.82. The minimum Gasteiger partial charge on any atom is -0.493 e. The molecule has 0 saturated carbocycles. The summed E-state index contributed by atoms with van der Waals surface area (Å²) in [6.45, 7) is 2.13. The maximum absolute atomic E-state index is 12.0. The number of hydrogen-bond donors (Lipinski definition) is 2. The predicted molar refractivity (Wildman–Crippen MR) is 107 cm³/mol. The molecule has 0 fully saturated rings. The predicted octanol–water partition coefficient (Wildman–Crippen LogP) is 2.04. The number of nitrogens with zero attached hydrogens (tertiary/aromatic N) is 2. The van der Waals surface area contributed by atoms with Crippen molar-refractivity contribution in [2.75, 3.05) is 53.3 Å². The standard InChI is InChI=1S/C20H28N4O3/c1-24(2)12-11-22-20(25)17-7-6-16(14-23-17)21-10-9-15-5-8-18(26-3)19(13-15)27-4/h5-8,13-14,21H,9-12H2,1-4H3,(H,22,25). The van der Waals surface area contributed by atoms with Gasteiger partial charge in [0.05, 0.1) is 26.1 Å². The zero-order valence-electron chi connectivity index (χ0n) is 16.4. The third kappa shape index (κ3) is 6.45. The van der Waals surface area contributed by atoms with Gasteiger partial charge in [-0.3, -0.25) is 4.79 Å². The van der Waals surface area contributed by atoms with Gasteiger partial charge in [0.1, 0.15) is 5.69 Å². The molecule has 2 N–H and O–H groups in total. The number of pyridine rings is 1. The monoisotopic (exact) mass is 372 g/mol. The van der Waals surface area contributed by atoms with E-state index in [-0.39, 0.29) is 5.91 Å². The largest absolute Gasteiger partial charge is 0.493 e. The Morgan fingerprint density at radius 2 is 1.85 bits per heavy atom. The fourth-order valence-electron chi connectivity index (χ4n) is 2.50. The molecule has 0 aliphatic carbocycles. The highest BCUT2D eigenvalue weighted by molar-refractivity contribution is 5.92. The number of benzene rings is 1. The summed E-state index contributed by atoms with van der Waals surface area (Å²) in [5.74, 6) is 1.29. The average molecular weight is 372 g/mol. The molecular weight excluding hydrogens is 344 g/mol. The first-order chi connectivity index (χ1) is 13.0. The Labute approximate surface area is 160 Å². The van der Waals surface area contributed by atoms with E-state index in [2.05, 4.69) is 15.6 Å². The van der Waals surface area contributed by atoms with Crippen LogP contribution >= 0.6 is 0 Å². The van der Waals surface area contributed by atoms with Gasteiger partial charge in [0.15, 0.2) is 11.5 Å². The molecular formula is C20H28N4O3. The molecule has 0 unspecified atom stereocenters. The minimum atomic E-state index is -0.159. The molecule has 1 aromatic heterocycles. The van der Waals surface area contributed by atoms with Crippen molar-refractivity contribution >= 4 is 11.6 Å². The topological polar surface area (TPSA) is 75.7 Å². The van der Waals surface area contributed by atoms with E-state index in [0.29, 0.717) is 12.2 Å². The Morgan fingerprint density at radius 3 is 2.48 bits per heavy atom. The van der Waals surface area contributed by atoms with Crippen LogP contribution in [0.2, 0.25) is 0 Å². The number of rotatable bonds is 10. The normalized spacial score (nSPS) is 10.6. The molecule has 0 radical (unpaired) electrons. The molecule has 1 aromatic carbocycles. The first-order valence-electron chi connectivity index (χ1n) is 8.87. The van der Waals surface area contributed by atoms with Gasteiger partial charge in [-0.15, -0.1) is 0 Å². The highest BCUT2D eigenvalue weighted by Gasteiger charge is 2.07. The Hall–Kier alpha value is -2.80. The van der Waals surface area contributed by atoms with E-state index in [0.717, 1.165) is 42.3 Å². The van der Waals surface area contributed by atoms with Crippen molar-refractivity contribution in [1.82, 2.24) is 15.2 Å². The summed E-state index contributed by atoms with van der Waals surface area (Å²) < 4.78 is 10.6. The van der Waals surface area contributed by atoms with Crippen molar-refractivity contribution < 1.29 is 14.3 Å². The second-order valence-corrected chi connectivity index (χ2v) is 6.36. The van der Waals surface area contributed by atoms with Gasteiger partial charge in [0.25, 0.3) is 5.91 Å². The number of anilines is 1. The minimum absolute atomic E-state index is 0.159. The van der Waals surface area contributed by atoms with Crippen LogP contribution in [0.4, 0.5) is 5.69 Å². The molecule has 0 spiro atoms. The summed E-state index contributed by atoms with van der Waals surface area (Å²) in [4.78, 5) is 18.3. The molecule has 7 heteroatoms. The zero-order chi connectivity index (χ0) is 19.6. The van der Waals surface area contributed by atoms with Crippen LogP contribution in [-0.2, 0) is 6.42 Å². The van der Waals surface area contributed by atoms with Crippen molar-refractivity contribution in [3.05, 3.63) is 47.8 Å². The van der Waals surface area contributed by atoms with E-state index in [4.69, 9.17) is 9.47 Å². The SMILES string of the molecule is COc1ccc(CCNc2ccc(C(=O)NCCN(C)C)nc2)cc1OC. The average Bonchev–Trinajstić information content (AvgIpc) is 2.68. The van der Waals surface area contributed by atoms with E-state index >= 15 is 0 Å². The van der Waals surface area contributed by atoms with E-state index in [1.54, 1.807) is 26.5 Å². The molecule has 0 atom stereocenters. The lowest BCUT2D eigenvalue weighted by Gasteiger charge is -2.11. The van der Waals surface area contributed by atoms with Crippen LogP contribution in [0.3, 0.4) is 0 Å². The zero-order valence-corrected chi connectivity index (χ0v) is 16.4. The number of likely N-dealkylation sites (N-methyl/N-ethyl adjacent to an activating group) is 1. The third-order valence-electron chi connectivity index (χ3n) is 4.03. The number of methoxy groups -OCH3 is 2. The first kappa shape index (κ1) is 20.5. The van der Waals surface area contributed by atoms with Crippen LogP contribution in [0.25, 0.3) is 0 Å². The van der Waals surface area contributed by atoms with Gasteiger partial charge in [-0.1, -0.05) is 6.07 Å². The van der Waals surface area contributed by atoms with E-state index < -0.39 is 0 Å². The van der Waals surface area contributed by atoms with E-state index in [9.17, 15) is 4.79 Å². The Kier molecular flexibility index (Phi) is 7.88. The fourth-order valence-corrected chi connectivity index (χ4v) is 2.50. The van der Waals surface area contributed by atoms with Crippen LogP contribution in [0.5, 0.6) is 11.5 Å². The summed E-state index contributed by atoms with van der Waals surface area (Å²) in [6, 6.07) is 9.48. The Morgan fingerprint density at radius 1 is 1.07 bits per heavy atom. The summed E-state index contributed by atoms with van der Waals surface area (Å²) in [5, 5.41) is 6.16. The number of amides is 1. The maximum Gasteiger partial charge on any atom is 0.269 e. The number of ether oxygens (including phenoxy) is 2. The van der Waals surface area contributed by atoms with Gasteiger partial charge < -0.3 is 25.0 Å². The number of nitrogens with one attached hydrogen (secondary N) is 2. The van der Waals surface area contributed by atoms with Crippen LogP contribution in [0.15, 0.2) is 36.5 Å². The van der Waals surface area contributed by atoms with Crippen molar-refractivity contribution in [1.29, 1.82) is 0 Å². The quantitative estimate of drug-likeness (QED) is 0.665. The molecule has 0 aliphatic rings. The van der Waals surface area contributed by atoms with Crippen molar-refractivity contribution in [2.45, 2.75) is 6.42 Å². The van der Waals surface area contributed by atoms with E-state index in [1.807, 2.05) is 43.3 Å². The van der Waals surface area contributed by atoms with Gasteiger partial charge >= 0.3 is 0 Å². The highest BCUT2D eigenvalue weighted by atomic mass is 16.5. The third-order valence-corrected chi connectivity index (χ3v) is 4.03. The lowest BCUT2D eigenvalue weighted by Crippen LogP contribution is -2.31. The van der Waals surface area contributed by atoms with Gasteiger partial charge in [-0.05, 0) is 50.3 Å². The second-order valence-electron chi connectivity index (χ2n) is 6.36. The summed E-state index contributed by atoms with van der Waals surface area (Å²) in [7, 11) is 7.18. The number of aromatic nitrogens is 1. The number of carbonyl (C=O) groups excluding carboxylic acids is 1. The van der Waals surface area contributed by atoms with Gasteiger partial charge in [0.2, 0.25) is 0 Å². The van der Waals surface area contributed by atoms with Crippen LogP contribution in [0, 0.1) is 0 Å². The van der Waals surface area contributed by atoms with Gasteiger partial charge in [-0.2, -0.15) is 0 Å². The molecule has 1 amide bonds. The lowest BCUT2D eigenvalue weighted by atomic mass is 10.1. The highest BCUT2D eigenvalue weighted by Crippen LogP contribution is 2.27. The molecule has 0 aliphatic heterocycles. The molecule has 1 heterocycles. The molecule has 2 rings (SSSR count). The first-order valence-corrected chi connectivity index (χ1v) is 8.87. The fraction of sp³-hybridized carbons (Fsp3) is 0.400. The molecule has 7 nitrogen and oxygen atoms in total. The summed E-state index contributed by atoms with van der Waals surface area (Å²) in [6.07, 6.45) is 2.50. The molecule has 27 heavy (non-hydrogen) atoms. The Bertz CT molecular complexity index is 733. The molecule has 146 valence electrons. The molecule has 0 bridgehead atoms. The van der Waals surface area contributed by atoms with Crippen molar-refractivity contribution in [3.8, 4) is 11.5 Å². The lowest BCUT2D eigenvalue weighted by molar-refractivity contribution is 0.0946. The smallest absolute Gasteiger partial charge is 0.269 e. The number of carbonyl (C=O) groups is 1. The second kappa shape index (κ2) is 10.4. The van der Waals surface area contributed by atoms with E-state index in [1.165, 1.54) is 0 Å². The maximum atomic E-state index is 12.0. The van der Waals surface area contributed by atoms with Crippen molar-refractivity contribution in [2.24, 2.45) is 0 Å².